The van der Waals surface area contributed by atoms with Crippen LogP contribution in [0.15, 0.2) is 39.4 Å². The van der Waals surface area contributed by atoms with E-state index in [1.54, 1.807) is 6.07 Å². The van der Waals surface area contributed by atoms with Crippen LogP contribution in [0.4, 0.5) is 0 Å². The molecule has 0 fully saturated rings. The number of aromatic nitrogens is 3. The average Bonchev–Trinajstić information content (AvgIpc) is 2.46. The van der Waals surface area contributed by atoms with Crippen LogP contribution in [0.1, 0.15) is 31.5 Å². The van der Waals surface area contributed by atoms with Crippen LogP contribution >= 0.6 is 11.8 Å². The zero-order chi connectivity index (χ0) is 15.1. The topological polar surface area (TPSA) is 70.7 Å². The van der Waals surface area contributed by atoms with Crippen LogP contribution in [0.25, 0.3) is 0 Å². The van der Waals surface area contributed by atoms with Crippen molar-refractivity contribution in [3.05, 3.63) is 46.0 Å². The van der Waals surface area contributed by atoms with Crippen molar-refractivity contribution in [3.8, 4) is 0 Å². The van der Waals surface area contributed by atoms with Crippen LogP contribution in [-0.2, 0) is 13.0 Å². The highest BCUT2D eigenvalue weighted by Gasteiger charge is 2.04. The lowest BCUT2D eigenvalue weighted by atomic mass is 10.2. The lowest BCUT2D eigenvalue weighted by Crippen LogP contribution is -2.11. The second-order valence-corrected chi connectivity index (χ2v) is 5.69. The number of pyridine rings is 1. The fourth-order valence-electron chi connectivity index (χ4n) is 1.86. The fourth-order valence-corrected chi connectivity index (χ4v) is 2.61. The molecule has 2 N–H and O–H groups in total. The summed E-state index contributed by atoms with van der Waals surface area (Å²) in [7, 11) is 0. The highest BCUT2D eigenvalue weighted by molar-refractivity contribution is 7.99. The van der Waals surface area contributed by atoms with Crippen molar-refractivity contribution in [2.75, 3.05) is 6.54 Å². The Morgan fingerprint density at radius 3 is 2.86 bits per heavy atom. The Labute approximate surface area is 128 Å². The summed E-state index contributed by atoms with van der Waals surface area (Å²) in [6.07, 6.45) is 3.63. The molecule has 0 bridgehead atoms. The van der Waals surface area contributed by atoms with Gasteiger partial charge in [-0.25, -0.2) is 9.97 Å². The van der Waals surface area contributed by atoms with Gasteiger partial charge in [-0.1, -0.05) is 26.3 Å². The maximum Gasteiger partial charge on any atom is 0.251 e. The minimum Gasteiger partial charge on any atom is -0.313 e. The van der Waals surface area contributed by atoms with Crippen molar-refractivity contribution in [1.29, 1.82) is 0 Å². The van der Waals surface area contributed by atoms with Crippen molar-refractivity contribution in [2.24, 2.45) is 0 Å². The quantitative estimate of drug-likeness (QED) is 0.769. The molecule has 0 aliphatic heterocycles. The Morgan fingerprint density at radius 1 is 1.33 bits per heavy atom. The standard InChI is InChI=1S/C15H20N4OS/c1-3-5-12-8-13(20)19-15(18-12)21-14-7-6-11(10-17-14)9-16-4-2/h6-8,10,16H,3-5,9H2,1-2H3,(H,18,19,20). The van der Waals surface area contributed by atoms with Gasteiger partial charge in [0.2, 0.25) is 0 Å². The summed E-state index contributed by atoms with van der Waals surface area (Å²) < 4.78 is 0. The van der Waals surface area contributed by atoms with Crippen LogP contribution in [0, 0.1) is 0 Å². The van der Waals surface area contributed by atoms with Crippen molar-refractivity contribution < 1.29 is 0 Å². The predicted octanol–water partition coefficient (Wildman–Crippen LogP) is 2.38. The van der Waals surface area contributed by atoms with Gasteiger partial charge in [0.05, 0.1) is 0 Å². The Kier molecular flexibility index (Phi) is 5.95. The van der Waals surface area contributed by atoms with Crippen LogP contribution in [0.2, 0.25) is 0 Å². The van der Waals surface area contributed by atoms with E-state index >= 15 is 0 Å². The highest BCUT2D eigenvalue weighted by Crippen LogP contribution is 2.21. The van der Waals surface area contributed by atoms with Gasteiger partial charge in [0, 0.05) is 24.5 Å². The van der Waals surface area contributed by atoms with Gasteiger partial charge >= 0.3 is 0 Å². The smallest absolute Gasteiger partial charge is 0.251 e. The summed E-state index contributed by atoms with van der Waals surface area (Å²) in [4.78, 5) is 23.2. The lowest BCUT2D eigenvalue weighted by molar-refractivity contribution is 0.722. The Balaban J connectivity index is 2.08. The Morgan fingerprint density at radius 2 is 2.19 bits per heavy atom. The zero-order valence-electron chi connectivity index (χ0n) is 12.3. The van der Waals surface area contributed by atoms with E-state index in [4.69, 9.17) is 0 Å². The molecule has 0 saturated carbocycles. The average molecular weight is 304 g/mol. The van der Waals surface area contributed by atoms with E-state index in [-0.39, 0.29) is 5.56 Å². The Hall–Kier alpha value is -1.66. The van der Waals surface area contributed by atoms with Gasteiger partial charge in [0.25, 0.3) is 5.56 Å². The highest BCUT2D eigenvalue weighted by atomic mass is 32.2. The third-order valence-electron chi connectivity index (χ3n) is 2.86. The molecule has 0 aromatic carbocycles. The largest absolute Gasteiger partial charge is 0.313 e. The van der Waals surface area contributed by atoms with E-state index in [1.807, 2.05) is 18.3 Å². The minimum absolute atomic E-state index is 0.111. The van der Waals surface area contributed by atoms with Crippen molar-refractivity contribution in [3.63, 3.8) is 0 Å². The molecule has 0 spiro atoms. The molecule has 21 heavy (non-hydrogen) atoms. The first-order valence-corrected chi connectivity index (χ1v) is 7.96. The monoisotopic (exact) mass is 304 g/mol. The first-order valence-electron chi connectivity index (χ1n) is 7.15. The van der Waals surface area contributed by atoms with E-state index in [0.29, 0.717) is 5.16 Å². The molecular formula is C15H20N4OS. The summed E-state index contributed by atoms with van der Waals surface area (Å²) in [5, 5.41) is 4.68. The summed E-state index contributed by atoms with van der Waals surface area (Å²) in [5.41, 5.74) is 1.86. The van der Waals surface area contributed by atoms with E-state index in [0.717, 1.165) is 42.2 Å². The van der Waals surface area contributed by atoms with Crippen molar-refractivity contribution in [1.82, 2.24) is 20.3 Å². The number of H-pyrrole nitrogens is 1. The number of hydrogen-bond acceptors (Lipinski definition) is 5. The van der Waals surface area contributed by atoms with E-state index < -0.39 is 0 Å². The van der Waals surface area contributed by atoms with E-state index in [2.05, 4.69) is 34.1 Å². The summed E-state index contributed by atoms with van der Waals surface area (Å²) >= 11 is 1.38. The molecule has 2 aromatic rings. The second-order valence-electron chi connectivity index (χ2n) is 4.68. The van der Waals surface area contributed by atoms with Crippen LogP contribution in [0.3, 0.4) is 0 Å². The number of aryl methyl sites for hydroxylation is 1. The predicted molar refractivity (Wildman–Crippen MR) is 84.6 cm³/mol. The van der Waals surface area contributed by atoms with Crippen LogP contribution in [-0.4, -0.2) is 21.5 Å². The molecule has 2 aromatic heterocycles. The maximum absolute atomic E-state index is 11.6. The maximum atomic E-state index is 11.6. The number of aromatic amines is 1. The summed E-state index contributed by atoms with van der Waals surface area (Å²) in [5.74, 6) is 0. The van der Waals surface area contributed by atoms with Crippen LogP contribution in [0.5, 0.6) is 0 Å². The third-order valence-corrected chi connectivity index (χ3v) is 3.69. The fraction of sp³-hybridized carbons (Fsp3) is 0.400. The van der Waals surface area contributed by atoms with E-state index in [1.165, 1.54) is 11.8 Å². The third kappa shape index (κ3) is 4.99. The summed E-state index contributed by atoms with van der Waals surface area (Å²) in [6.45, 7) is 5.89. The number of nitrogens with zero attached hydrogens (tertiary/aromatic N) is 2. The lowest BCUT2D eigenvalue weighted by Gasteiger charge is -2.04. The van der Waals surface area contributed by atoms with Gasteiger partial charge in [-0.05, 0) is 36.4 Å². The molecular weight excluding hydrogens is 284 g/mol. The van der Waals surface area contributed by atoms with Gasteiger partial charge in [-0.2, -0.15) is 0 Å². The second kappa shape index (κ2) is 7.95. The number of hydrogen-bond donors (Lipinski definition) is 2. The molecule has 112 valence electrons. The normalized spacial score (nSPS) is 10.8. The minimum atomic E-state index is -0.111. The molecule has 0 atom stereocenters. The SMILES string of the molecule is CCCc1cc(=O)[nH]c(Sc2ccc(CNCC)cn2)n1. The molecule has 0 unspecified atom stereocenters. The number of rotatable bonds is 7. The molecule has 0 radical (unpaired) electrons. The van der Waals surface area contributed by atoms with Gasteiger partial charge in [-0.15, -0.1) is 0 Å². The van der Waals surface area contributed by atoms with Crippen LogP contribution < -0.4 is 10.9 Å². The molecule has 0 aliphatic rings. The van der Waals surface area contributed by atoms with Crippen molar-refractivity contribution >= 4 is 11.8 Å². The number of nitrogens with one attached hydrogen (secondary N) is 2. The molecule has 5 nitrogen and oxygen atoms in total. The molecule has 2 heterocycles. The van der Waals surface area contributed by atoms with E-state index in [9.17, 15) is 4.79 Å². The van der Waals surface area contributed by atoms with Gasteiger partial charge < -0.3 is 10.3 Å². The van der Waals surface area contributed by atoms with Gasteiger partial charge in [0.1, 0.15) is 5.03 Å². The first-order chi connectivity index (χ1) is 10.2. The molecule has 0 saturated heterocycles. The van der Waals surface area contributed by atoms with Gasteiger partial charge in [-0.3, -0.25) is 4.79 Å². The first kappa shape index (κ1) is 15.7. The summed E-state index contributed by atoms with van der Waals surface area (Å²) in [6, 6.07) is 5.54. The zero-order valence-corrected chi connectivity index (χ0v) is 13.2. The molecule has 2 rings (SSSR count). The molecule has 0 aliphatic carbocycles. The van der Waals surface area contributed by atoms with Gasteiger partial charge in [0.15, 0.2) is 5.16 Å². The Bertz CT molecular complexity index is 624. The van der Waals surface area contributed by atoms with Crippen molar-refractivity contribution in [2.45, 2.75) is 43.4 Å². The molecule has 6 heteroatoms. The molecule has 0 amide bonds.